The average Bonchev–Trinajstić information content (AvgIpc) is 2.67. The number of sulfone groups is 1. The number of benzene rings is 1. The first-order valence-electron chi connectivity index (χ1n) is 10.0. The maximum atomic E-state index is 12.7. The Balaban J connectivity index is 1.51. The molecule has 3 rings (SSSR count). The Bertz CT molecular complexity index is 763. The maximum absolute atomic E-state index is 12.7. The highest BCUT2D eigenvalue weighted by Crippen LogP contribution is 2.34. The van der Waals surface area contributed by atoms with Gasteiger partial charge in [0, 0.05) is 12.3 Å². The van der Waals surface area contributed by atoms with Crippen molar-refractivity contribution in [3.8, 4) is 11.5 Å². The minimum atomic E-state index is -3.02. The van der Waals surface area contributed by atoms with Crippen LogP contribution < -0.4 is 9.47 Å². The lowest BCUT2D eigenvalue weighted by molar-refractivity contribution is -0.123. The number of Topliss-reactive ketones (excluding diaryl/α,β-unsaturated/α-hetero) is 1. The van der Waals surface area contributed by atoms with Gasteiger partial charge in [0.1, 0.15) is 19.0 Å². The fourth-order valence-corrected chi connectivity index (χ4v) is 5.77. The van der Waals surface area contributed by atoms with Crippen LogP contribution in [0.3, 0.4) is 0 Å². The third kappa shape index (κ3) is 5.03. The molecule has 6 heteroatoms. The average molecular weight is 395 g/mol. The summed E-state index contributed by atoms with van der Waals surface area (Å²) < 4.78 is 35.7. The summed E-state index contributed by atoms with van der Waals surface area (Å²) in [5.74, 6) is 2.20. The molecule has 1 unspecified atom stereocenters. The summed E-state index contributed by atoms with van der Waals surface area (Å²) in [5, 5.41) is -0.271. The molecule has 27 heavy (non-hydrogen) atoms. The van der Waals surface area contributed by atoms with Gasteiger partial charge in [0.25, 0.3) is 0 Å². The molecule has 0 aromatic heterocycles. The standard InChI is InChI=1S/C21H30O5S/c1-3-15(2)27(23,24)14-16-4-7-18(8-5-16)19(22)12-17-6-9-20-21(13-17)26-11-10-25-20/h6,9,13,15-16,18H,3-5,7-8,10-12,14H2,1-2H3. The smallest absolute Gasteiger partial charge is 0.161 e. The molecule has 1 atom stereocenters. The van der Waals surface area contributed by atoms with Gasteiger partial charge in [0.05, 0.1) is 11.0 Å². The van der Waals surface area contributed by atoms with Crippen LogP contribution in [0.5, 0.6) is 11.5 Å². The van der Waals surface area contributed by atoms with Crippen molar-refractivity contribution < 1.29 is 22.7 Å². The number of hydrogen-bond donors (Lipinski definition) is 0. The minimum absolute atomic E-state index is 0.0424. The van der Waals surface area contributed by atoms with E-state index < -0.39 is 9.84 Å². The Morgan fingerprint density at radius 3 is 2.44 bits per heavy atom. The largest absolute Gasteiger partial charge is 0.486 e. The van der Waals surface area contributed by atoms with E-state index in [9.17, 15) is 13.2 Å². The fourth-order valence-electron chi connectivity index (χ4n) is 3.94. The van der Waals surface area contributed by atoms with E-state index in [2.05, 4.69) is 0 Å². The number of ketones is 1. The summed E-state index contributed by atoms with van der Waals surface area (Å²) >= 11 is 0. The second-order valence-electron chi connectivity index (χ2n) is 7.89. The zero-order valence-electron chi connectivity index (χ0n) is 16.3. The molecule has 1 aromatic carbocycles. The number of hydrogen-bond acceptors (Lipinski definition) is 5. The van der Waals surface area contributed by atoms with Gasteiger partial charge >= 0.3 is 0 Å². The van der Waals surface area contributed by atoms with Crippen LogP contribution in [0.1, 0.15) is 51.5 Å². The normalized spacial score (nSPS) is 23.6. The van der Waals surface area contributed by atoms with Crippen molar-refractivity contribution in [1.29, 1.82) is 0 Å². The predicted octanol–water partition coefficient (Wildman–Crippen LogP) is 3.59. The van der Waals surface area contributed by atoms with Gasteiger partial charge in [-0.3, -0.25) is 4.79 Å². The minimum Gasteiger partial charge on any atom is -0.486 e. The molecule has 1 fully saturated rings. The summed E-state index contributed by atoms with van der Waals surface area (Å²) in [4.78, 5) is 12.7. The monoisotopic (exact) mass is 394 g/mol. The molecule has 5 nitrogen and oxygen atoms in total. The lowest BCUT2D eigenvalue weighted by Crippen LogP contribution is -2.30. The van der Waals surface area contributed by atoms with E-state index in [0.717, 1.165) is 37.0 Å². The number of rotatable bonds is 7. The van der Waals surface area contributed by atoms with Gasteiger partial charge < -0.3 is 9.47 Å². The van der Waals surface area contributed by atoms with Crippen LogP contribution in [0.2, 0.25) is 0 Å². The van der Waals surface area contributed by atoms with Crippen LogP contribution in [0.4, 0.5) is 0 Å². The Morgan fingerprint density at radius 2 is 1.78 bits per heavy atom. The number of ether oxygens (including phenoxy) is 2. The highest BCUT2D eigenvalue weighted by molar-refractivity contribution is 7.92. The molecule has 0 saturated heterocycles. The zero-order chi connectivity index (χ0) is 19.4. The third-order valence-electron chi connectivity index (χ3n) is 5.94. The summed E-state index contributed by atoms with van der Waals surface area (Å²) in [5.41, 5.74) is 0.950. The predicted molar refractivity (Wildman–Crippen MR) is 105 cm³/mol. The number of fused-ring (bicyclic) bond motifs is 1. The van der Waals surface area contributed by atoms with Gasteiger partial charge in [-0.05, 0) is 62.6 Å². The number of carbonyl (C=O) groups is 1. The molecule has 1 aliphatic carbocycles. The van der Waals surface area contributed by atoms with Crippen molar-refractivity contribution in [1.82, 2.24) is 0 Å². The Hall–Kier alpha value is -1.56. The van der Waals surface area contributed by atoms with Crippen LogP contribution in [0.15, 0.2) is 18.2 Å². The molecular weight excluding hydrogens is 364 g/mol. The second-order valence-corrected chi connectivity index (χ2v) is 10.4. The van der Waals surface area contributed by atoms with Crippen molar-refractivity contribution in [2.45, 2.75) is 57.6 Å². The molecule has 2 aliphatic rings. The van der Waals surface area contributed by atoms with Gasteiger partial charge in [-0.25, -0.2) is 8.42 Å². The SMILES string of the molecule is CCC(C)S(=O)(=O)CC1CCC(C(=O)Cc2ccc3c(c2)OCCO3)CC1. The highest BCUT2D eigenvalue weighted by atomic mass is 32.2. The zero-order valence-corrected chi connectivity index (χ0v) is 17.1. The Labute approximate surface area is 162 Å². The number of carbonyl (C=O) groups excluding carboxylic acids is 1. The van der Waals surface area contributed by atoms with Gasteiger partial charge in [0.15, 0.2) is 21.3 Å². The molecule has 0 spiro atoms. The van der Waals surface area contributed by atoms with Crippen LogP contribution in [0, 0.1) is 11.8 Å². The van der Waals surface area contributed by atoms with Gasteiger partial charge in [-0.1, -0.05) is 13.0 Å². The quantitative estimate of drug-likeness (QED) is 0.707. The lowest BCUT2D eigenvalue weighted by Gasteiger charge is -2.28. The first-order chi connectivity index (χ1) is 12.9. The van der Waals surface area contributed by atoms with Crippen LogP contribution in [-0.4, -0.2) is 38.4 Å². The van der Waals surface area contributed by atoms with Crippen molar-refractivity contribution in [2.75, 3.05) is 19.0 Å². The molecule has 0 bridgehead atoms. The fraction of sp³-hybridized carbons (Fsp3) is 0.667. The molecular formula is C21H30O5S. The van der Waals surface area contributed by atoms with E-state index in [0.29, 0.717) is 31.8 Å². The maximum Gasteiger partial charge on any atom is 0.161 e. The first kappa shape index (κ1) is 20.2. The molecule has 0 radical (unpaired) electrons. The van der Waals surface area contributed by atoms with Crippen molar-refractivity contribution in [3.63, 3.8) is 0 Å². The van der Waals surface area contributed by atoms with Gasteiger partial charge in [-0.2, -0.15) is 0 Å². The van der Waals surface area contributed by atoms with Crippen LogP contribution in [-0.2, 0) is 21.1 Å². The van der Waals surface area contributed by atoms with E-state index in [-0.39, 0.29) is 28.6 Å². The van der Waals surface area contributed by atoms with Crippen LogP contribution in [0.25, 0.3) is 0 Å². The van der Waals surface area contributed by atoms with Gasteiger partial charge in [-0.15, -0.1) is 0 Å². The molecule has 1 saturated carbocycles. The van der Waals surface area contributed by atoms with Gasteiger partial charge in [0.2, 0.25) is 0 Å². The summed E-state index contributed by atoms with van der Waals surface area (Å²) in [6.45, 7) is 4.79. The molecule has 1 heterocycles. The van der Waals surface area contributed by atoms with E-state index in [4.69, 9.17) is 9.47 Å². The third-order valence-corrected chi connectivity index (χ3v) is 8.44. The van der Waals surface area contributed by atoms with Crippen molar-refractivity contribution in [3.05, 3.63) is 23.8 Å². The molecule has 1 aliphatic heterocycles. The highest BCUT2D eigenvalue weighted by Gasteiger charge is 2.30. The topological polar surface area (TPSA) is 69.7 Å². The molecule has 150 valence electrons. The Morgan fingerprint density at radius 1 is 1.11 bits per heavy atom. The second kappa shape index (κ2) is 8.63. The summed E-state index contributed by atoms with van der Waals surface area (Å²) in [6, 6.07) is 5.69. The van der Waals surface area contributed by atoms with Crippen LogP contribution >= 0.6 is 0 Å². The molecule has 0 amide bonds. The summed E-state index contributed by atoms with van der Waals surface area (Å²) in [6.07, 6.45) is 4.30. The first-order valence-corrected chi connectivity index (χ1v) is 11.7. The van der Waals surface area contributed by atoms with Crippen molar-refractivity contribution in [2.24, 2.45) is 11.8 Å². The Kier molecular flexibility index (Phi) is 6.45. The van der Waals surface area contributed by atoms with E-state index in [1.165, 1.54) is 0 Å². The summed E-state index contributed by atoms with van der Waals surface area (Å²) in [7, 11) is -3.02. The molecule has 1 aromatic rings. The van der Waals surface area contributed by atoms with E-state index in [1.807, 2.05) is 25.1 Å². The lowest BCUT2D eigenvalue weighted by atomic mass is 9.79. The van der Waals surface area contributed by atoms with E-state index >= 15 is 0 Å². The van der Waals surface area contributed by atoms with E-state index in [1.54, 1.807) is 6.92 Å². The molecule has 0 N–H and O–H groups in total. The van der Waals surface area contributed by atoms with Crippen molar-refractivity contribution >= 4 is 15.6 Å².